The highest BCUT2D eigenvalue weighted by atomic mass is 16.7. The third kappa shape index (κ3) is 3.90. The number of aromatic nitrogens is 1. The molecule has 2 aliphatic rings. The van der Waals surface area contributed by atoms with Gasteiger partial charge in [0.1, 0.15) is 5.82 Å². The SMILES string of the molecule is CC(=O)c1ccc(Nc2ccc(C(=O)N3CCC4(CC3)OCCO4)cn2)cc1. The molecule has 2 aliphatic heterocycles. The van der Waals surface area contributed by atoms with Crippen molar-refractivity contribution >= 4 is 23.2 Å². The van der Waals surface area contributed by atoms with Crippen molar-refractivity contribution in [2.24, 2.45) is 0 Å². The smallest absolute Gasteiger partial charge is 0.255 e. The third-order valence-electron chi connectivity index (χ3n) is 5.20. The minimum Gasteiger partial charge on any atom is -0.347 e. The monoisotopic (exact) mass is 381 g/mol. The zero-order valence-corrected chi connectivity index (χ0v) is 15.8. The molecule has 1 N–H and O–H groups in total. The maximum absolute atomic E-state index is 12.7. The van der Waals surface area contributed by atoms with Crippen LogP contribution < -0.4 is 5.32 Å². The fourth-order valence-corrected chi connectivity index (χ4v) is 3.55. The van der Waals surface area contributed by atoms with Gasteiger partial charge in [0, 0.05) is 43.4 Å². The molecule has 146 valence electrons. The molecule has 2 aromatic rings. The molecule has 7 nitrogen and oxygen atoms in total. The van der Waals surface area contributed by atoms with E-state index in [0.717, 1.165) is 5.69 Å². The molecule has 0 aliphatic carbocycles. The Kier molecular flexibility index (Phi) is 5.11. The molecule has 0 atom stereocenters. The minimum atomic E-state index is -0.485. The van der Waals surface area contributed by atoms with Crippen LogP contribution in [0.25, 0.3) is 0 Å². The highest BCUT2D eigenvalue weighted by molar-refractivity contribution is 5.95. The van der Waals surface area contributed by atoms with E-state index in [0.29, 0.717) is 56.1 Å². The van der Waals surface area contributed by atoms with Crippen LogP contribution in [0.1, 0.15) is 40.5 Å². The predicted octanol–water partition coefficient (Wildman–Crippen LogP) is 3.01. The number of amides is 1. The van der Waals surface area contributed by atoms with Crippen LogP contribution in [0, 0.1) is 0 Å². The molecular weight excluding hydrogens is 358 g/mol. The van der Waals surface area contributed by atoms with Gasteiger partial charge in [-0.05, 0) is 43.3 Å². The number of hydrogen-bond acceptors (Lipinski definition) is 6. The number of piperidine rings is 1. The minimum absolute atomic E-state index is 0.0298. The lowest BCUT2D eigenvalue weighted by Crippen LogP contribution is -2.47. The Hall–Kier alpha value is -2.77. The van der Waals surface area contributed by atoms with Crippen molar-refractivity contribution in [1.82, 2.24) is 9.88 Å². The fraction of sp³-hybridized carbons (Fsp3) is 0.381. The number of benzene rings is 1. The number of carbonyl (C=O) groups excluding carboxylic acids is 2. The number of likely N-dealkylation sites (tertiary alicyclic amines) is 1. The van der Waals surface area contributed by atoms with Crippen LogP contribution in [0.4, 0.5) is 11.5 Å². The fourth-order valence-electron chi connectivity index (χ4n) is 3.55. The second kappa shape index (κ2) is 7.69. The first-order valence-corrected chi connectivity index (χ1v) is 9.46. The zero-order valence-electron chi connectivity index (χ0n) is 15.8. The van der Waals surface area contributed by atoms with E-state index in [1.807, 2.05) is 17.0 Å². The van der Waals surface area contributed by atoms with Gasteiger partial charge in [0.2, 0.25) is 0 Å². The molecular formula is C21H23N3O4. The topological polar surface area (TPSA) is 80.8 Å². The molecule has 4 rings (SSSR count). The van der Waals surface area contributed by atoms with Crippen LogP contribution in [0.2, 0.25) is 0 Å². The van der Waals surface area contributed by atoms with Gasteiger partial charge in [-0.15, -0.1) is 0 Å². The summed E-state index contributed by atoms with van der Waals surface area (Å²) < 4.78 is 11.4. The number of rotatable bonds is 4. The zero-order chi connectivity index (χ0) is 19.6. The summed E-state index contributed by atoms with van der Waals surface area (Å²) in [5.41, 5.74) is 2.05. The van der Waals surface area contributed by atoms with Gasteiger partial charge in [-0.1, -0.05) is 0 Å². The highest BCUT2D eigenvalue weighted by Gasteiger charge is 2.40. The number of ketones is 1. The van der Waals surface area contributed by atoms with Crippen molar-refractivity contribution in [3.63, 3.8) is 0 Å². The number of carbonyl (C=O) groups is 2. The van der Waals surface area contributed by atoms with E-state index in [9.17, 15) is 9.59 Å². The number of anilines is 2. The van der Waals surface area contributed by atoms with Crippen molar-refractivity contribution in [2.75, 3.05) is 31.6 Å². The number of Topliss-reactive ketones (excluding diaryl/α,β-unsaturated/α-hetero) is 1. The molecule has 1 aromatic heterocycles. The van der Waals surface area contributed by atoms with Gasteiger partial charge in [-0.25, -0.2) is 4.98 Å². The maximum Gasteiger partial charge on any atom is 0.255 e. The van der Waals surface area contributed by atoms with E-state index in [1.54, 1.807) is 30.5 Å². The molecule has 2 saturated heterocycles. The quantitative estimate of drug-likeness (QED) is 0.820. The van der Waals surface area contributed by atoms with Gasteiger partial charge in [0.25, 0.3) is 5.91 Å². The Labute approximate surface area is 163 Å². The van der Waals surface area contributed by atoms with Gasteiger partial charge >= 0.3 is 0 Å². The van der Waals surface area contributed by atoms with E-state index < -0.39 is 5.79 Å². The molecule has 1 aromatic carbocycles. The molecule has 1 amide bonds. The molecule has 0 bridgehead atoms. The molecule has 0 radical (unpaired) electrons. The first-order chi connectivity index (χ1) is 13.5. The molecule has 2 fully saturated rings. The van der Waals surface area contributed by atoms with Gasteiger partial charge < -0.3 is 19.7 Å². The lowest BCUT2D eigenvalue weighted by atomic mass is 10.0. The summed E-state index contributed by atoms with van der Waals surface area (Å²) in [5.74, 6) is 0.151. The Morgan fingerprint density at radius 1 is 1.00 bits per heavy atom. The molecule has 3 heterocycles. The third-order valence-corrected chi connectivity index (χ3v) is 5.20. The first-order valence-electron chi connectivity index (χ1n) is 9.46. The van der Waals surface area contributed by atoms with E-state index in [1.165, 1.54) is 6.92 Å². The normalized spacial score (nSPS) is 18.2. The lowest BCUT2D eigenvalue weighted by Gasteiger charge is -2.37. The van der Waals surface area contributed by atoms with Crippen LogP contribution >= 0.6 is 0 Å². The highest BCUT2D eigenvalue weighted by Crippen LogP contribution is 2.31. The van der Waals surface area contributed by atoms with E-state index >= 15 is 0 Å². The number of ether oxygens (including phenoxy) is 2. The number of hydrogen-bond donors (Lipinski definition) is 1. The van der Waals surface area contributed by atoms with E-state index in [-0.39, 0.29) is 11.7 Å². The molecule has 0 unspecified atom stereocenters. The molecule has 7 heteroatoms. The predicted molar refractivity (Wildman–Crippen MR) is 104 cm³/mol. The largest absolute Gasteiger partial charge is 0.347 e. The summed E-state index contributed by atoms with van der Waals surface area (Å²) in [6.07, 6.45) is 2.98. The van der Waals surface area contributed by atoms with Crippen LogP contribution in [0.15, 0.2) is 42.6 Å². The van der Waals surface area contributed by atoms with E-state index in [4.69, 9.17) is 9.47 Å². The Morgan fingerprint density at radius 3 is 2.21 bits per heavy atom. The summed E-state index contributed by atoms with van der Waals surface area (Å²) >= 11 is 0. The Morgan fingerprint density at radius 2 is 1.64 bits per heavy atom. The number of nitrogens with one attached hydrogen (secondary N) is 1. The van der Waals surface area contributed by atoms with Gasteiger partial charge in [0.05, 0.1) is 18.8 Å². The van der Waals surface area contributed by atoms with Crippen LogP contribution in [0.5, 0.6) is 0 Å². The Bertz CT molecular complexity index is 848. The lowest BCUT2D eigenvalue weighted by molar-refractivity contribution is -0.181. The second-order valence-corrected chi connectivity index (χ2v) is 7.09. The summed E-state index contributed by atoms with van der Waals surface area (Å²) in [5, 5.41) is 3.17. The maximum atomic E-state index is 12.7. The standard InChI is InChI=1S/C21H23N3O4/c1-15(25)16-2-5-18(6-3-16)23-19-7-4-17(14-22-19)20(26)24-10-8-21(9-11-24)27-12-13-28-21/h2-7,14H,8-13H2,1H3,(H,22,23). The van der Waals surface area contributed by atoms with Crippen molar-refractivity contribution < 1.29 is 19.1 Å². The summed E-state index contributed by atoms with van der Waals surface area (Å²) in [4.78, 5) is 30.2. The van der Waals surface area contributed by atoms with Crippen LogP contribution in [-0.4, -0.2) is 53.7 Å². The summed E-state index contributed by atoms with van der Waals surface area (Å²) in [6, 6.07) is 10.7. The van der Waals surface area contributed by atoms with E-state index in [2.05, 4.69) is 10.3 Å². The average Bonchev–Trinajstić information content (AvgIpc) is 3.17. The van der Waals surface area contributed by atoms with Gasteiger partial charge in [0.15, 0.2) is 11.6 Å². The van der Waals surface area contributed by atoms with Crippen LogP contribution in [-0.2, 0) is 9.47 Å². The number of nitrogens with zero attached hydrogens (tertiary/aromatic N) is 2. The Balaban J connectivity index is 1.36. The summed E-state index contributed by atoms with van der Waals surface area (Å²) in [6.45, 7) is 4.02. The average molecular weight is 381 g/mol. The molecule has 28 heavy (non-hydrogen) atoms. The van der Waals surface area contributed by atoms with Crippen molar-refractivity contribution in [3.8, 4) is 0 Å². The van der Waals surface area contributed by atoms with Gasteiger partial charge in [-0.3, -0.25) is 9.59 Å². The van der Waals surface area contributed by atoms with Crippen molar-refractivity contribution in [1.29, 1.82) is 0 Å². The van der Waals surface area contributed by atoms with Crippen molar-refractivity contribution in [2.45, 2.75) is 25.6 Å². The number of pyridine rings is 1. The summed E-state index contributed by atoms with van der Waals surface area (Å²) in [7, 11) is 0. The first kappa shape index (κ1) is 18.6. The molecule has 1 spiro atoms. The van der Waals surface area contributed by atoms with Gasteiger partial charge in [-0.2, -0.15) is 0 Å². The molecule has 0 saturated carbocycles. The van der Waals surface area contributed by atoms with Crippen LogP contribution in [0.3, 0.4) is 0 Å². The van der Waals surface area contributed by atoms with Crippen molar-refractivity contribution in [3.05, 3.63) is 53.7 Å². The second-order valence-electron chi connectivity index (χ2n) is 7.09.